The van der Waals surface area contributed by atoms with Crippen molar-refractivity contribution in [3.05, 3.63) is 42.5 Å². The molecule has 0 aromatic heterocycles. The second kappa shape index (κ2) is 8.79. The molecule has 0 heterocycles. The minimum Gasteiger partial charge on any atom is -0.492 e. The minimum atomic E-state index is 0.641. The Morgan fingerprint density at radius 2 is 1.88 bits per heavy atom. The lowest BCUT2D eigenvalue weighted by Crippen LogP contribution is -2.25. The molecule has 1 rings (SSSR count). The van der Waals surface area contributed by atoms with Gasteiger partial charge >= 0.3 is 0 Å². The van der Waals surface area contributed by atoms with Crippen LogP contribution in [-0.2, 0) is 4.74 Å². The molecule has 0 unspecified atom stereocenters. The maximum absolute atomic E-state index is 5.53. The van der Waals surface area contributed by atoms with Crippen LogP contribution in [0.15, 0.2) is 42.5 Å². The predicted molar refractivity (Wildman–Crippen MR) is 70.4 cm³/mol. The molecule has 0 atom stereocenters. The Bertz CT molecular complexity index is 311. The van der Waals surface area contributed by atoms with Crippen molar-refractivity contribution in [2.45, 2.75) is 6.92 Å². The normalized spacial score (nSPS) is 10.2. The van der Waals surface area contributed by atoms with Crippen LogP contribution in [0.1, 0.15) is 6.92 Å². The molecular weight excluding hydrogens is 214 g/mol. The number of nitrogens with one attached hydrogen (secondary N) is 1. The average Bonchev–Trinajstić information content (AvgIpc) is 2.33. The van der Waals surface area contributed by atoms with Crippen LogP contribution >= 0.6 is 0 Å². The fraction of sp³-hybridized carbons (Fsp3) is 0.429. The average molecular weight is 235 g/mol. The van der Waals surface area contributed by atoms with E-state index in [9.17, 15) is 0 Å². The summed E-state index contributed by atoms with van der Waals surface area (Å²) < 4.78 is 10.9. The van der Waals surface area contributed by atoms with Crippen LogP contribution in [0.4, 0.5) is 0 Å². The molecule has 0 aliphatic carbocycles. The van der Waals surface area contributed by atoms with Crippen LogP contribution in [-0.4, -0.2) is 32.9 Å². The van der Waals surface area contributed by atoms with Crippen molar-refractivity contribution in [1.29, 1.82) is 0 Å². The molecular formula is C14H21NO2. The summed E-state index contributed by atoms with van der Waals surface area (Å²) in [6.07, 6.45) is 0. The van der Waals surface area contributed by atoms with E-state index in [0.29, 0.717) is 19.8 Å². The lowest BCUT2D eigenvalue weighted by Gasteiger charge is -2.07. The maximum atomic E-state index is 5.53. The third-order valence-corrected chi connectivity index (χ3v) is 2.06. The largest absolute Gasteiger partial charge is 0.492 e. The first kappa shape index (κ1) is 13.7. The molecule has 0 bridgehead atoms. The first-order valence-electron chi connectivity index (χ1n) is 5.90. The number of benzene rings is 1. The second-order valence-electron chi connectivity index (χ2n) is 3.92. The zero-order valence-electron chi connectivity index (χ0n) is 10.4. The summed E-state index contributed by atoms with van der Waals surface area (Å²) in [6.45, 7) is 9.41. The van der Waals surface area contributed by atoms with E-state index in [1.54, 1.807) is 0 Å². The quantitative estimate of drug-likeness (QED) is 0.526. The van der Waals surface area contributed by atoms with Crippen molar-refractivity contribution < 1.29 is 9.47 Å². The van der Waals surface area contributed by atoms with Gasteiger partial charge in [0.2, 0.25) is 0 Å². The smallest absolute Gasteiger partial charge is 0.119 e. The highest BCUT2D eigenvalue weighted by Gasteiger charge is 1.92. The van der Waals surface area contributed by atoms with E-state index < -0.39 is 0 Å². The molecule has 0 saturated carbocycles. The topological polar surface area (TPSA) is 30.5 Å². The van der Waals surface area contributed by atoms with Crippen LogP contribution in [0.2, 0.25) is 0 Å². The molecule has 0 aliphatic heterocycles. The Hall–Kier alpha value is -1.32. The monoisotopic (exact) mass is 235 g/mol. The van der Waals surface area contributed by atoms with Crippen molar-refractivity contribution in [1.82, 2.24) is 5.32 Å². The SMILES string of the molecule is C=C(C)COCCNCCOc1ccccc1. The lowest BCUT2D eigenvalue weighted by atomic mass is 10.3. The zero-order chi connectivity index (χ0) is 12.3. The molecule has 1 aromatic carbocycles. The van der Waals surface area contributed by atoms with Gasteiger partial charge in [-0.05, 0) is 19.1 Å². The molecule has 0 saturated heterocycles. The molecule has 3 nitrogen and oxygen atoms in total. The molecule has 0 radical (unpaired) electrons. The van der Waals surface area contributed by atoms with Gasteiger partial charge in [-0.1, -0.05) is 30.4 Å². The van der Waals surface area contributed by atoms with E-state index in [2.05, 4.69) is 11.9 Å². The summed E-state index contributed by atoms with van der Waals surface area (Å²) in [4.78, 5) is 0. The number of rotatable bonds is 9. The van der Waals surface area contributed by atoms with Gasteiger partial charge in [-0.2, -0.15) is 0 Å². The number of para-hydroxylation sites is 1. The third kappa shape index (κ3) is 7.55. The van der Waals surface area contributed by atoms with Gasteiger partial charge in [-0.25, -0.2) is 0 Å². The van der Waals surface area contributed by atoms with Crippen molar-refractivity contribution in [3.63, 3.8) is 0 Å². The number of ether oxygens (including phenoxy) is 2. The van der Waals surface area contributed by atoms with Crippen molar-refractivity contribution >= 4 is 0 Å². The van der Waals surface area contributed by atoms with E-state index in [1.165, 1.54) is 0 Å². The first-order chi connectivity index (χ1) is 8.29. The fourth-order valence-electron chi connectivity index (χ4n) is 1.27. The Balaban J connectivity index is 1.90. The molecule has 17 heavy (non-hydrogen) atoms. The Morgan fingerprint density at radius 1 is 1.18 bits per heavy atom. The summed E-state index contributed by atoms with van der Waals surface area (Å²) in [5, 5.41) is 3.25. The van der Waals surface area contributed by atoms with Gasteiger partial charge in [0, 0.05) is 13.1 Å². The molecule has 0 aliphatic rings. The van der Waals surface area contributed by atoms with Gasteiger partial charge in [0.15, 0.2) is 0 Å². The van der Waals surface area contributed by atoms with E-state index >= 15 is 0 Å². The standard InChI is InChI=1S/C14H21NO2/c1-13(2)12-16-10-8-15-9-11-17-14-6-4-3-5-7-14/h3-7,15H,1,8-12H2,2H3. The first-order valence-corrected chi connectivity index (χ1v) is 5.90. The molecule has 0 fully saturated rings. The van der Waals surface area contributed by atoms with Gasteiger partial charge in [0.05, 0.1) is 13.2 Å². The van der Waals surface area contributed by atoms with Crippen LogP contribution in [0.3, 0.4) is 0 Å². The minimum absolute atomic E-state index is 0.641. The molecule has 94 valence electrons. The number of hydrogen-bond acceptors (Lipinski definition) is 3. The second-order valence-corrected chi connectivity index (χ2v) is 3.92. The summed E-state index contributed by atoms with van der Waals surface area (Å²) in [5.41, 5.74) is 1.05. The van der Waals surface area contributed by atoms with E-state index in [1.807, 2.05) is 37.3 Å². The van der Waals surface area contributed by atoms with Crippen molar-refractivity contribution in [2.24, 2.45) is 0 Å². The summed E-state index contributed by atoms with van der Waals surface area (Å²) in [7, 11) is 0. The number of hydrogen-bond donors (Lipinski definition) is 1. The van der Waals surface area contributed by atoms with E-state index in [-0.39, 0.29) is 0 Å². The molecule has 1 N–H and O–H groups in total. The van der Waals surface area contributed by atoms with Gasteiger partial charge in [0.25, 0.3) is 0 Å². The fourth-order valence-corrected chi connectivity index (χ4v) is 1.27. The zero-order valence-corrected chi connectivity index (χ0v) is 10.4. The van der Waals surface area contributed by atoms with Crippen molar-refractivity contribution in [2.75, 3.05) is 32.9 Å². The van der Waals surface area contributed by atoms with E-state index in [0.717, 1.165) is 24.4 Å². The summed E-state index contributed by atoms with van der Waals surface area (Å²) in [5.74, 6) is 0.910. The Labute approximate surface area is 103 Å². The van der Waals surface area contributed by atoms with Crippen LogP contribution in [0, 0.1) is 0 Å². The molecule has 0 spiro atoms. The van der Waals surface area contributed by atoms with Crippen LogP contribution < -0.4 is 10.1 Å². The lowest BCUT2D eigenvalue weighted by molar-refractivity contribution is 0.156. The summed E-state index contributed by atoms with van der Waals surface area (Å²) >= 11 is 0. The predicted octanol–water partition coefficient (Wildman–Crippen LogP) is 2.25. The molecule has 3 heteroatoms. The van der Waals surface area contributed by atoms with Crippen molar-refractivity contribution in [3.8, 4) is 5.75 Å². The Kier molecular flexibility index (Phi) is 7.11. The Morgan fingerprint density at radius 3 is 2.59 bits per heavy atom. The highest BCUT2D eigenvalue weighted by atomic mass is 16.5. The van der Waals surface area contributed by atoms with Gasteiger partial charge in [0.1, 0.15) is 12.4 Å². The van der Waals surface area contributed by atoms with Gasteiger partial charge in [-0.15, -0.1) is 0 Å². The maximum Gasteiger partial charge on any atom is 0.119 e. The van der Waals surface area contributed by atoms with Gasteiger partial charge in [-0.3, -0.25) is 0 Å². The van der Waals surface area contributed by atoms with E-state index in [4.69, 9.17) is 9.47 Å². The van der Waals surface area contributed by atoms with Gasteiger partial charge < -0.3 is 14.8 Å². The highest BCUT2D eigenvalue weighted by molar-refractivity contribution is 5.20. The third-order valence-electron chi connectivity index (χ3n) is 2.06. The molecule has 0 amide bonds. The molecule has 1 aromatic rings. The van der Waals surface area contributed by atoms with Crippen LogP contribution in [0.25, 0.3) is 0 Å². The highest BCUT2D eigenvalue weighted by Crippen LogP contribution is 2.07. The van der Waals surface area contributed by atoms with Crippen LogP contribution in [0.5, 0.6) is 5.75 Å². The summed E-state index contributed by atoms with van der Waals surface area (Å²) in [6, 6.07) is 9.82.